The number of H-pyrrole nitrogens is 1. The summed E-state index contributed by atoms with van der Waals surface area (Å²) in [6, 6.07) is 7.66. The Balaban J connectivity index is 1.90. The van der Waals surface area contributed by atoms with Crippen LogP contribution in [0.15, 0.2) is 24.3 Å². The zero-order valence-electron chi connectivity index (χ0n) is 14.2. The lowest BCUT2D eigenvalue weighted by Gasteiger charge is -2.17. The van der Waals surface area contributed by atoms with Crippen LogP contribution < -0.4 is 5.32 Å². The number of aryl methyl sites for hydroxylation is 3. The number of benzene rings is 1. The molecule has 0 aliphatic rings. The van der Waals surface area contributed by atoms with E-state index < -0.39 is 6.10 Å². The number of rotatable bonds is 6. The van der Waals surface area contributed by atoms with E-state index in [-0.39, 0.29) is 18.4 Å². The third-order valence-corrected chi connectivity index (χ3v) is 4.26. The Bertz CT molecular complexity index is 659. The molecule has 3 N–H and O–H groups in total. The molecule has 2 atom stereocenters. The van der Waals surface area contributed by atoms with Crippen molar-refractivity contribution in [2.45, 2.75) is 40.2 Å². The Morgan fingerprint density at radius 1 is 1.30 bits per heavy atom. The van der Waals surface area contributed by atoms with Crippen LogP contribution in [0.3, 0.4) is 0 Å². The van der Waals surface area contributed by atoms with Gasteiger partial charge in [-0.15, -0.1) is 0 Å². The second-order valence-electron chi connectivity index (χ2n) is 6.14. The number of carbonyl (C=O) groups excluding carboxylic acids is 1. The van der Waals surface area contributed by atoms with Crippen LogP contribution in [0.4, 0.5) is 0 Å². The van der Waals surface area contributed by atoms with E-state index in [9.17, 15) is 9.90 Å². The zero-order valence-corrected chi connectivity index (χ0v) is 14.2. The maximum atomic E-state index is 12.3. The normalized spacial score (nSPS) is 13.6. The van der Waals surface area contributed by atoms with Gasteiger partial charge in [-0.05, 0) is 43.9 Å². The van der Waals surface area contributed by atoms with Crippen LogP contribution in [0.2, 0.25) is 0 Å². The van der Waals surface area contributed by atoms with Crippen LogP contribution in [0, 0.1) is 26.7 Å². The number of carbonyl (C=O) groups is 1. The largest absolute Gasteiger partial charge is 0.387 e. The summed E-state index contributed by atoms with van der Waals surface area (Å²) >= 11 is 0. The number of aromatic amines is 1. The van der Waals surface area contributed by atoms with E-state index in [1.807, 2.05) is 52.0 Å². The fourth-order valence-electron chi connectivity index (χ4n) is 2.72. The van der Waals surface area contributed by atoms with Crippen molar-refractivity contribution in [2.24, 2.45) is 5.92 Å². The molecule has 1 aromatic carbocycles. The molecule has 1 aromatic heterocycles. The van der Waals surface area contributed by atoms with Gasteiger partial charge in [-0.2, -0.15) is 5.10 Å². The molecule has 0 bridgehead atoms. The third kappa shape index (κ3) is 4.20. The van der Waals surface area contributed by atoms with Gasteiger partial charge in [0.15, 0.2) is 0 Å². The van der Waals surface area contributed by atoms with Crippen LogP contribution in [0.25, 0.3) is 0 Å². The number of hydrogen-bond donors (Lipinski definition) is 3. The van der Waals surface area contributed by atoms with E-state index in [2.05, 4.69) is 15.5 Å². The summed E-state index contributed by atoms with van der Waals surface area (Å²) in [5, 5.41) is 20.2. The van der Waals surface area contributed by atoms with E-state index in [1.165, 1.54) is 0 Å². The smallest absolute Gasteiger partial charge is 0.223 e. The predicted molar refractivity (Wildman–Crippen MR) is 90.1 cm³/mol. The average molecular weight is 315 g/mol. The highest BCUT2D eigenvalue weighted by molar-refractivity contribution is 5.78. The van der Waals surface area contributed by atoms with Crippen LogP contribution in [0.1, 0.15) is 41.1 Å². The first kappa shape index (κ1) is 17.2. The first-order chi connectivity index (χ1) is 10.9. The molecule has 0 saturated heterocycles. The number of amides is 1. The fourth-order valence-corrected chi connectivity index (χ4v) is 2.72. The molecule has 2 rings (SSSR count). The van der Waals surface area contributed by atoms with Crippen LogP contribution in [-0.4, -0.2) is 27.8 Å². The van der Waals surface area contributed by atoms with Crippen molar-refractivity contribution in [2.75, 3.05) is 6.54 Å². The lowest BCUT2D eigenvalue weighted by atomic mass is 9.98. The van der Waals surface area contributed by atoms with Crippen molar-refractivity contribution in [3.63, 3.8) is 0 Å². The summed E-state index contributed by atoms with van der Waals surface area (Å²) in [6.45, 7) is 7.96. The van der Waals surface area contributed by atoms with Gasteiger partial charge in [0, 0.05) is 18.2 Å². The van der Waals surface area contributed by atoms with Crippen LogP contribution in [0.5, 0.6) is 0 Å². The molecule has 0 unspecified atom stereocenters. The third-order valence-electron chi connectivity index (χ3n) is 4.26. The van der Waals surface area contributed by atoms with Gasteiger partial charge in [-0.25, -0.2) is 0 Å². The summed E-state index contributed by atoms with van der Waals surface area (Å²) in [7, 11) is 0. The van der Waals surface area contributed by atoms with Gasteiger partial charge in [0.05, 0.1) is 11.8 Å². The van der Waals surface area contributed by atoms with Gasteiger partial charge in [0.1, 0.15) is 0 Å². The summed E-state index contributed by atoms with van der Waals surface area (Å²) < 4.78 is 0. The molecule has 23 heavy (non-hydrogen) atoms. The standard InChI is InChI=1S/C18H25N3O2/c1-11-7-5-6-8-15(11)17(22)10-19-18(23)12(2)9-16-13(3)20-21-14(16)4/h5-8,12,17,22H,9-10H2,1-4H3,(H,19,23)(H,20,21)/t12-,17-/m0/s1. The highest BCUT2D eigenvalue weighted by atomic mass is 16.3. The van der Waals surface area contributed by atoms with Crippen molar-refractivity contribution in [3.8, 4) is 0 Å². The highest BCUT2D eigenvalue weighted by Crippen LogP contribution is 2.18. The minimum atomic E-state index is -0.690. The summed E-state index contributed by atoms with van der Waals surface area (Å²) in [5.41, 5.74) is 4.89. The Hall–Kier alpha value is -2.14. The summed E-state index contributed by atoms with van der Waals surface area (Å²) in [5.74, 6) is -0.230. The maximum absolute atomic E-state index is 12.3. The molecule has 0 aliphatic carbocycles. The fraction of sp³-hybridized carbons (Fsp3) is 0.444. The number of aliphatic hydroxyl groups is 1. The summed E-state index contributed by atoms with van der Waals surface area (Å²) in [4.78, 5) is 12.3. The molecule has 5 nitrogen and oxygen atoms in total. The van der Waals surface area contributed by atoms with Crippen molar-refractivity contribution >= 4 is 5.91 Å². The van der Waals surface area contributed by atoms with E-state index in [1.54, 1.807) is 0 Å². The van der Waals surface area contributed by atoms with Gasteiger partial charge < -0.3 is 10.4 Å². The zero-order chi connectivity index (χ0) is 17.0. The Morgan fingerprint density at radius 3 is 2.61 bits per heavy atom. The van der Waals surface area contributed by atoms with E-state index in [0.29, 0.717) is 6.42 Å². The molecule has 0 fully saturated rings. The molecule has 2 aromatic rings. The first-order valence-electron chi connectivity index (χ1n) is 7.92. The Labute approximate surface area is 137 Å². The SMILES string of the molecule is Cc1ccccc1[C@@H](O)CNC(=O)[C@@H](C)Cc1c(C)n[nH]c1C. The quantitative estimate of drug-likeness (QED) is 0.766. The molecule has 0 spiro atoms. The van der Waals surface area contributed by atoms with E-state index in [0.717, 1.165) is 28.1 Å². The maximum Gasteiger partial charge on any atom is 0.223 e. The van der Waals surface area contributed by atoms with E-state index in [4.69, 9.17) is 0 Å². The van der Waals surface area contributed by atoms with Gasteiger partial charge >= 0.3 is 0 Å². The van der Waals surface area contributed by atoms with E-state index >= 15 is 0 Å². The van der Waals surface area contributed by atoms with Crippen LogP contribution >= 0.6 is 0 Å². The predicted octanol–water partition coefficient (Wildman–Crippen LogP) is 2.36. The molecular weight excluding hydrogens is 290 g/mol. The van der Waals surface area contributed by atoms with Crippen molar-refractivity contribution in [3.05, 3.63) is 52.3 Å². The monoisotopic (exact) mass is 315 g/mol. The van der Waals surface area contributed by atoms with Gasteiger partial charge in [0.25, 0.3) is 0 Å². The molecular formula is C18H25N3O2. The first-order valence-corrected chi connectivity index (χ1v) is 7.92. The molecule has 1 heterocycles. The molecule has 0 saturated carbocycles. The molecule has 0 radical (unpaired) electrons. The number of hydrogen-bond acceptors (Lipinski definition) is 3. The molecule has 5 heteroatoms. The Kier molecular flexibility index (Phi) is 5.55. The van der Waals surface area contributed by atoms with Gasteiger partial charge in [0.2, 0.25) is 5.91 Å². The molecule has 0 aliphatic heterocycles. The minimum absolute atomic E-state index is 0.0577. The van der Waals surface area contributed by atoms with Crippen LogP contribution in [-0.2, 0) is 11.2 Å². The topological polar surface area (TPSA) is 78.0 Å². The highest BCUT2D eigenvalue weighted by Gasteiger charge is 2.18. The van der Waals surface area contributed by atoms with Crippen molar-refractivity contribution in [1.82, 2.24) is 15.5 Å². The number of nitrogens with one attached hydrogen (secondary N) is 2. The number of aliphatic hydroxyl groups excluding tert-OH is 1. The average Bonchev–Trinajstić information content (AvgIpc) is 2.84. The molecule has 124 valence electrons. The lowest BCUT2D eigenvalue weighted by molar-refractivity contribution is -0.124. The number of nitrogens with zero attached hydrogens (tertiary/aromatic N) is 1. The van der Waals surface area contributed by atoms with Gasteiger partial charge in [-0.1, -0.05) is 31.2 Å². The second-order valence-corrected chi connectivity index (χ2v) is 6.14. The van der Waals surface area contributed by atoms with Crippen molar-refractivity contribution in [1.29, 1.82) is 0 Å². The second kappa shape index (κ2) is 7.42. The summed E-state index contributed by atoms with van der Waals surface area (Å²) in [6.07, 6.45) is -0.0507. The minimum Gasteiger partial charge on any atom is -0.387 e. The lowest BCUT2D eigenvalue weighted by Crippen LogP contribution is -2.33. The van der Waals surface area contributed by atoms with Gasteiger partial charge in [-0.3, -0.25) is 9.89 Å². The number of aromatic nitrogens is 2. The van der Waals surface area contributed by atoms with Crippen molar-refractivity contribution < 1.29 is 9.90 Å². The molecule has 1 amide bonds. The Morgan fingerprint density at radius 2 is 2.00 bits per heavy atom.